The molecule has 5 rings (SSSR count). The summed E-state index contributed by atoms with van der Waals surface area (Å²) < 4.78 is 44.4. The number of aromatic nitrogens is 4. The van der Waals surface area contributed by atoms with Crippen molar-refractivity contribution in [2.75, 3.05) is 25.5 Å². The number of aldehydes is 1. The minimum Gasteiger partial charge on any atom is -0.357 e. The van der Waals surface area contributed by atoms with Crippen molar-refractivity contribution in [1.29, 1.82) is 5.26 Å². The van der Waals surface area contributed by atoms with Crippen LogP contribution in [0.5, 0.6) is 0 Å². The van der Waals surface area contributed by atoms with Crippen molar-refractivity contribution in [2.24, 2.45) is 13.0 Å². The van der Waals surface area contributed by atoms with Gasteiger partial charge in [0, 0.05) is 58.0 Å². The SMILES string of the molecule is CNC(=O)C(CCC=O)n1c(=O)n(C)c2cc(CN3CC(C#Cc4cnn(C(C)(C)C(=O)Nc5ccc(C#N)c(C(F)(F)F)c5)c4)C3)ccc21. The van der Waals surface area contributed by atoms with Crippen LogP contribution in [0.15, 0.2) is 53.6 Å². The fourth-order valence-electron chi connectivity index (χ4n) is 5.85. The highest BCUT2D eigenvalue weighted by atomic mass is 19.4. The molecule has 1 fully saturated rings. The van der Waals surface area contributed by atoms with E-state index in [1.165, 1.54) is 39.2 Å². The number of nitriles is 1. The predicted octanol–water partition coefficient (Wildman–Crippen LogP) is 3.55. The molecule has 0 spiro atoms. The van der Waals surface area contributed by atoms with E-state index in [0.29, 0.717) is 36.2 Å². The number of hydrogen-bond donors (Lipinski definition) is 2. The molecule has 50 heavy (non-hydrogen) atoms. The number of hydrogen-bond acceptors (Lipinski definition) is 7. The maximum absolute atomic E-state index is 13.4. The van der Waals surface area contributed by atoms with E-state index in [0.717, 1.165) is 24.0 Å². The molecule has 1 atom stereocenters. The molecule has 2 aromatic carbocycles. The summed E-state index contributed by atoms with van der Waals surface area (Å²) in [6, 6.07) is 9.36. The molecular formula is C35H35F3N8O4. The Balaban J connectivity index is 1.21. The smallest absolute Gasteiger partial charge is 0.357 e. The summed E-state index contributed by atoms with van der Waals surface area (Å²) in [5.74, 6) is 5.45. The van der Waals surface area contributed by atoms with E-state index >= 15 is 0 Å². The van der Waals surface area contributed by atoms with Crippen LogP contribution in [0.4, 0.5) is 18.9 Å². The lowest BCUT2D eigenvalue weighted by Crippen LogP contribution is -2.45. The van der Waals surface area contributed by atoms with Gasteiger partial charge in [-0.25, -0.2) is 4.79 Å². The Kier molecular flexibility index (Phi) is 10.0. The number of halogens is 3. The van der Waals surface area contributed by atoms with Crippen LogP contribution in [-0.2, 0) is 39.7 Å². The Bertz CT molecular complexity index is 2120. The van der Waals surface area contributed by atoms with Gasteiger partial charge in [0.25, 0.3) is 5.91 Å². The summed E-state index contributed by atoms with van der Waals surface area (Å²) in [5, 5.41) is 18.3. The average Bonchev–Trinajstić information content (AvgIpc) is 3.64. The summed E-state index contributed by atoms with van der Waals surface area (Å²) >= 11 is 0. The maximum Gasteiger partial charge on any atom is 0.417 e. The van der Waals surface area contributed by atoms with Crippen molar-refractivity contribution in [3.63, 3.8) is 0 Å². The van der Waals surface area contributed by atoms with Crippen molar-refractivity contribution in [3.8, 4) is 17.9 Å². The van der Waals surface area contributed by atoms with Gasteiger partial charge in [-0.1, -0.05) is 17.9 Å². The minimum absolute atomic E-state index is 0.0918. The third-order valence-corrected chi connectivity index (χ3v) is 8.77. The van der Waals surface area contributed by atoms with Crippen LogP contribution in [0, 0.1) is 29.1 Å². The standard InChI is InChI=1S/C35H35F3N8O4/c1-34(2,32(49)42-26-11-10-25(16-39)27(15-26)35(36,37)38)45-21-23(17-41-45)7-8-24-19-44(20-24)18-22-9-12-28-30(14-22)43(4)33(50)46(28)29(6-5-13-47)31(48)40-3/h9-15,17,21,24,29H,5-6,18-20H2,1-4H3,(H,40,48)(H,42,49). The molecule has 3 heterocycles. The van der Waals surface area contributed by atoms with E-state index in [1.807, 2.05) is 18.2 Å². The van der Waals surface area contributed by atoms with E-state index in [2.05, 4.69) is 32.5 Å². The molecule has 15 heteroatoms. The first-order valence-corrected chi connectivity index (χ1v) is 15.7. The first kappa shape index (κ1) is 35.6. The summed E-state index contributed by atoms with van der Waals surface area (Å²) in [7, 11) is 3.15. The number of alkyl halides is 3. The Labute approximate surface area is 285 Å². The normalized spacial score (nSPS) is 14.3. The predicted molar refractivity (Wildman–Crippen MR) is 178 cm³/mol. The van der Waals surface area contributed by atoms with E-state index in [1.54, 1.807) is 27.1 Å². The monoisotopic (exact) mass is 688 g/mol. The fourth-order valence-corrected chi connectivity index (χ4v) is 5.85. The highest BCUT2D eigenvalue weighted by molar-refractivity contribution is 5.96. The number of rotatable bonds is 10. The third-order valence-electron chi connectivity index (χ3n) is 8.77. The molecule has 12 nitrogen and oxygen atoms in total. The number of fused-ring (bicyclic) bond motifs is 1. The van der Waals surface area contributed by atoms with E-state index < -0.39 is 34.8 Å². The lowest BCUT2D eigenvalue weighted by molar-refractivity contribution is -0.137. The molecule has 1 aliphatic heterocycles. The van der Waals surface area contributed by atoms with Crippen LogP contribution < -0.4 is 16.3 Å². The quantitative estimate of drug-likeness (QED) is 0.191. The van der Waals surface area contributed by atoms with Gasteiger partial charge in [-0.2, -0.15) is 23.5 Å². The molecule has 1 aliphatic rings. The molecular weight excluding hydrogens is 653 g/mol. The summed E-state index contributed by atoms with van der Waals surface area (Å²) in [6.45, 7) is 5.19. The lowest BCUT2D eigenvalue weighted by atomic mass is 9.99. The third kappa shape index (κ3) is 7.18. The van der Waals surface area contributed by atoms with Crippen LogP contribution in [0.3, 0.4) is 0 Å². The van der Waals surface area contributed by atoms with Gasteiger partial charge in [0.05, 0.1) is 40.0 Å². The van der Waals surface area contributed by atoms with Crippen LogP contribution in [0.2, 0.25) is 0 Å². The number of anilines is 1. The first-order chi connectivity index (χ1) is 23.7. The highest BCUT2D eigenvalue weighted by Crippen LogP contribution is 2.34. The summed E-state index contributed by atoms with van der Waals surface area (Å²) in [6.07, 6.45) is -0.551. The molecule has 1 saturated heterocycles. The van der Waals surface area contributed by atoms with E-state index in [4.69, 9.17) is 5.26 Å². The van der Waals surface area contributed by atoms with Gasteiger partial charge < -0.3 is 15.4 Å². The molecule has 2 N–H and O–H groups in total. The number of carbonyl (C=O) groups is 3. The second-order valence-corrected chi connectivity index (χ2v) is 12.6. The number of benzene rings is 2. The lowest BCUT2D eigenvalue weighted by Gasteiger charge is -2.36. The molecule has 0 bridgehead atoms. The number of amides is 2. The van der Waals surface area contributed by atoms with Crippen molar-refractivity contribution in [1.82, 2.24) is 29.1 Å². The first-order valence-electron chi connectivity index (χ1n) is 15.7. The number of nitrogens with one attached hydrogen (secondary N) is 2. The number of carbonyl (C=O) groups excluding carboxylic acids is 3. The zero-order valence-electron chi connectivity index (χ0n) is 27.8. The Hall–Kier alpha value is -5.67. The number of aryl methyl sites for hydroxylation is 1. The van der Waals surface area contributed by atoms with Gasteiger partial charge in [-0.3, -0.25) is 28.3 Å². The van der Waals surface area contributed by atoms with Crippen molar-refractivity contribution < 1.29 is 27.6 Å². The summed E-state index contributed by atoms with van der Waals surface area (Å²) in [5.41, 5.74) is -0.537. The number of likely N-dealkylation sites (N-methyl/N-ethyl adjacent to an activating group) is 1. The van der Waals surface area contributed by atoms with Gasteiger partial charge >= 0.3 is 11.9 Å². The Morgan fingerprint density at radius 2 is 1.88 bits per heavy atom. The maximum atomic E-state index is 13.4. The zero-order valence-corrected chi connectivity index (χ0v) is 27.8. The average molecular weight is 689 g/mol. The second kappa shape index (κ2) is 14.1. The topological polar surface area (TPSA) is 147 Å². The number of likely N-dealkylation sites (tertiary alicyclic amines) is 1. The Morgan fingerprint density at radius 3 is 2.54 bits per heavy atom. The van der Waals surface area contributed by atoms with Gasteiger partial charge in [0.1, 0.15) is 17.9 Å². The molecule has 2 aromatic heterocycles. The molecule has 0 aliphatic carbocycles. The minimum atomic E-state index is -4.75. The molecule has 260 valence electrons. The fraction of sp³-hybridized carbons (Fsp3) is 0.371. The van der Waals surface area contributed by atoms with Crippen molar-refractivity contribution in [3.05, 3.63) is 81.5 Å². The van der Waals surface area contributed by atoms with Crippen LogP contribution in [0.25, 0.3) is 11.0 Å². The Morgan fingerprint density at radius 1 is 1.14 bits per heavy atom. The molecule has 2 amide bonds. The van der Waals surface area contributed by atoms with Gasteiger partial charge in [0.2, 0.25) is 5.91 Å². The molecule has 4 aromatic rings. The highest BCUT2D eigenvalue weighted by Gasteiger charge is 2.35. The second-order valence-electron chi connectivity index (χ2n) is 12.6. The zero-order chi connectivity index (χ0) is 36.4. The van der Waals surface area contributed by atoms with Crippen LogP contribution in [0.1, 0.15) is 55.0 Å². The molecule has 0 saturated carbocycles. The van der Waals surface area contributed by atoms with Crippen molar-refractivity contribution >= 4 is 34.8 Å². The van der Waals surface area contributed by atoms with Crippen molar-refractivity contribution in [2.45, 2.75) is 51.0 Å². The van der Waals surface area contributed by atoms with Crippen LogP contribution >= 0.6 is 0 Å². The van der Waals surface area contributed by atoms with Gasteiger partial charge in [-0.05, 0) is 56.2 Å². The molecule has 1 unspecified atom stereocenters. The van der Waals surface area contributed by atoms with E-state index in [9.17, 15) is 32.3 Å². The molecule has 0 radical (unpaired) electrons. The van der Waals surface area contributed by atoms with E-state index in [-0.39, 0.29) is 36.0 Å². The van der Waals surface area contributed by atoms with Gasteiger partial charge in [0.15, 0.2) is 0 Å². The number of imidazole rings is 1. The summed E-state index contributed by atoms with van der Waals surface area (Å²) in [4.78, 5) is 52.0. The van der Waals surface area contributed by atoms with Crippen LogP contribution in [-0.4, -0.2) is 62.1 Å². The van der Waals surface area contributed by atoms with Gasteiger partial charge in [-0.15, -0.1) is 0 Å². The number of nitrogens with zero attached hydrogens (tertiary/aromatic N) is 6. The largest absolute Gasteiger partial charge is 0.417 e.